The molecule has 0 aliphatic carbocycles. The minimum Gasteiger partial charge on any atom is -0.341 e. The van der Waals surface area contributed by atoms with Crippen LogP contribution in [-0.4, -0.2) is 87.3 Å². The third kappa shape index (κ3) is 5.54. The predicted molar refractivity (Wildman–Crippen MR) is 132 cm³/mol. The molecule has 2 fully saturated rings. The van der Waals surface area contributed by atoms with E-state index in [0.717, 1.165) is 23.6 Å². The first-order valence-corrected chi connectivity index (χ1v) is 13.4. The lowest BCUT2D eigenvalue weighted by atomic mass is 10.0. The maximum atomic E-state index is 13.1. The van der Waals surface area contributed by atoms with Gasteiger partial charge in [0, 0.05) is 30.7 Å². The van der Waals surface area contributed by atoms with Crippen LogP contribution >= 0.6 is 11.6 Å². The predicted octanol–water partition coefficient (Wildman–Crippen LogP) is 2.32. The van der Waals surface area contributed by atoms with Crippen molar-refractivity contribution < 1.29 is 18.0 Å². The van der Waals surface area contributed by atoms with Crippen LogP contribution in [0.2, 0.25) is 5.02 Å². The van der Waals surface area contributed by atoms with E-state index in [4.69, 9.17) is 11.6 Å². The molecule has 2 aliphatic heterocycles. The molecule has 1 N–H and O–H groups in total. The van der Waals surface area contributed by atoms with Crippen molar-refractivity contribution >= 4 is 44.2 Å². The van der Waals surface area contributed by atoms with E-state index < -0.39 is 16.1 Å². The normalized spacial score (nSPS) is 20.4. The molecule has 2 heterocycles. The first-order valence-electron chi connectivity index (χ1n) is 11.6. The number of sulfonamides is 1. The molecule has 2 aliphatic rings. The summed E-state index contributed by atoms with van der Waals surface area (Å²) in [5, 5.41) is 2.15. The second-order valence-corrected chi connectivity index (χ2v) is 11.5. The van der Waals surface area contributed by atoms with E-state index in [1.54, 1.807) is 30.3 Å². The molecule has 4 rings (SSSR count). The summed E-state index contributed by atoms with van der Waals surface area (Å²) < 4.78 is 28.6. The van der Waals surface area contributed by atoms with Crippen molar-refractivity contribution in [2.45, 2.75) is 42.7 Å². The minimum atomic E-state index is -3.91. The Hall–Kier alpha value is -2.20. The Balaban J connectivity index is 1.40. The highest BCUT2D eigenvalue weighted by atomic mass is 35.5. The van der Waals surface area contributed by atoms with Crippen molar-refractivity contribution in [3.8, 4) is 0 Å². The van der Waals surface area contributed by atoms with Gasteiger partial charge in [0.2, 0.25) is 21.8 Å². The molecule has 10 heteroatoms. The standard InChI is InChI=1S/C24H31ClN4O4S/c1-27(2)20-9-12-28(13-10-20)23(30)16-29-11-3-4-22(24(29)31)26-34(32,33)21-8-6-17-14-19(25)7-5-18(17)15-21/h5-8,14-15,20,22,26H,3-4,9-13,16H2,1-2H3/t22-/m0/s1. The van der Waals surface area contributed by atoms with Crippen LogP contribution in [0.25, 0.3) is 10.8 Å². The van der Waals surface area contributed by atoms with Gasteiger partial charge in [0.25, 0.3) is 0 Å². The number of hydrogen-bond acceptors (Lipinski definition) is 5. The number of carbonyl (C=O) groups is 2. The van der Waals surface area contributed by atoms with E-state index in [1.807, 2.05) is 19.0 Å². The van der Waals surface area contributed by atoms with Crippen molar-refractivity contribution in [3.63, 3.8) is 0 Å². The molecule has 0 saturated carbocycles. The number of rotatable bonds is 6. The number of piperidine rings is 2. The van der Waals surface area contributed by atoms with Gasteiger partial charge < -0.3 is 14.7 Å². The molecule has 184 valence electrons. The SMILES string of the molecule is CN(C)C1CCN(C(=O)CN2CCC[C@H](NS(=O)(=O)c3ccc4cc(Cl)ccc4c3)C2=O)CC1. The van der Waals surface area contributed by atoms with Crippen molar-refractivity contribution in [3.05, 3.63) is 41.4 Å². The number of hydrogen-bond donors (Lipinski definition) is 1. The van der Waals surface area contributed by atoms with Crippen molar-refractivity contribution in [2.75, 3.05) is 40.3 Å². The highest BCUT2D eigenvalue weighted by Crippen LogP contribution is 2.24. The second kappa shape index (κ2) is 10.2. The Kier molecular flexibility index (Phi) is 7.47. The maximum absolute atomic E-state index is 13.1. The molecule has 1 atom stereocenters. The fourth-order valence-corrected chi connectivity index (χ4v) is 6.16. The summed E-state index contributed by atoms with van der Waals surface area (Å²) in [7, 11) is 0.178. The van der Waals surface area contributed by atoms with Crippen molar-refractivity contribution in [1.29, 1.82) is 0 Å². The zero-order chi connectivity index (χ0) is 24.5. The van der Waals surface area contributed by atoms with Gasteiger partial charge in [0.15, 0.2) is 0 Å². The van der Waals surface area contributed by atoms with Crippen LogP contribution in [0.15, 0.2) is 41.3 Å². The maximum Gasteiger partial charge on any atom is 0.242 e. The fraction of sp³-hybridized carbons (Fsp3) is 0.500. The molecule has 2 saturated heterocycles. The minimum absolute atomic E-state index is 0.0135. The van der Waals surface area contributed by atoms with Crippen LogP contribution in [0, 0.1) is 0 Å². The van der Waals surface area contributed by atoms with Gasteiger partial charge in [-0.3, -0.25) is 9.59 Å². The monoisotopic (exact) mass is 506 g/mol. The van der Waals surface area contributed by atoms with Crippen molar-refractivity contribution in [1.82, 2.24) is 19.4 Å². The number of amides is 2. The third-order valence-corrected chi connectivity index (χ3v) is 8.49. The number of benzene rings is 2. The highest BCUT2D eigenvalue weighted by Gasteiger charge is 2.34. The molecular weight excluding hydrogens is 476 g/mol. The molecule has 8 nitrogen and oxygen atoms in total. The third-order valence-electron chi connectivity index (χ3n) is 6.79. The van der Waals surface area contributed by atoms with Gasteiger partial charge in [-0.1, -0.05) is 23.7 Å². The van der Waals surface area contributed by atoms with Gasteiger partial charge >= 0.3 is 0 Å². The molecule has 34 heavy (non-hydrogen) atoms. The molecule has 2 aromatic carbocycles. The number of nitrogens with one attached hydrogen (secondary N) is 1. The number of nitrogens with zero attached hydrogens (tertiary/aromatic N) is 3. The molecule has 2 amide bonds. The number of halogens is 1. The van der Waals surface area contributed by atoms with Crippen LogP contribution in [0.1, 0.15) is 25.7 Å². The van der Waals surface area contributed by atoms with E-state index in [2.05, 4.69) is 9.62 Å². The van der Waals surface area contributed by atoms with Crippen LogP contribution in [-0.2, 0) is 19.6 Å². The zero-order valence-corrected chi connectivity index (χ0v) is 21.1. The van der Waals surface area contributed by atoms with E-state index >= 15 is 0 Å². The van der Waals surface area contributed by atoms with E-state index in [-0.39, 0.29) is 23.3 Å². The van der Waals surface area contributed by atoms with Gasteiger partial charge in [-0.25, -0.2) is 8.42 Å². The summed E-state index contributed by atoms with van der Waals surface area (Å²) in [6.07, 6.45) is 2.85. The Morgan fingerprint density at radius 3 is 2.44 bits per heavy atom. The Labute approximate surface area is 205 Å². The van der Waals surface area contributed by atoms with Gasteiger partial charge in [-0.05, 0) is 74.8 Å². The average Bonchev–Trinajstić information content (AvgIpc) is 2.81. The molecule has 0 spiro atoms. The lowest BCUT2D eigenvalue weighted by molar-refractivity contribution is -0.143. The Morgan fingerprint density at radius 1 is 1.06 bits per heavy atom. The highest BCUT2D eigenvalue weighted by molar-refractivity contribution is 7.89. The summed E-state index contributed by atoms with van der Waals surface area (Å²) >= 11 is 6.01. The summed E-state index contributed by atoms with van der Waals surface area (Å²) in [4.78, 5) is 31.4. The van der Waals surface area contributed by atoms with Gasteiger partial charge in [0.1, 0.15) is 6.04 Å². The zero-order valence-electron chi connectivity index (χ0n) is 19.5. The van der Waals surface area contributed by atoms with Crippen LogP contribution in [0.4, 0.5) is 0 Å². The first kappa shape index (κ1) is 24.9. The van der Waals surface area contributed by atoms with Gasteiger partial charge in [0.05, 0.1) is 11.4 Å². The lowest BCUT2D eigenvalue weighted by Crippen LogP contribution is -2.55. The molecule has 0 aromatic heterocycles. The largest absolute Gasteiger partial charge is 0.341 e. The molecule has 2 aromatic rings. The van der Waals surface area contributed by atoms with Gasteiger partial charge in [-0.15, -0.1) is 0 Å². The Morgan fingerprint density at radius 2 is 1.74 bits per heavy atom. The topological polar surface area (TPSA) is 90.0 Å². The van der Waals surface area contributed by atoms with Crippen LogP contribution in [0.5, 0.6) is 0 Å². The van der Waals surface area contributed by atoms with Gasteiger partial charge in [-0.2, -0.15) is 4.72 Å². The molecule has 0 radical (unpaired) electrons. The average molecular weight is 507 g/mol. The summed E-state index contributed by atoms with van der Waals surface area (Å²) in [6.45, 7) is 1.79. The molecular formula is C24H31ClN4O4S. The summed E-state index contributed by atoms with van der Waals surface area (Å²) in [5.74, 6) is -0.429. The second-order valence-electron chi connectivity index (χ2n) is 9.30. The lowest BCUT2D eigenvalue weighted by Gasteiger charge is -2.37. The van der Waals surface area contributed by atoms with E-state index in [0.29, 0.717) is 43.5 Å². The number of carbonyl (C=O) groups excluding carboxylic acids is 2. The quantitative estimate of drug-likeness (QED) is 0.649. The number of fused-ring (bicyclic) bond motifs is 1. The number of likely N-dealkylation sites (tertiary alicyclic amines) is 2. The van der Waals surface area contributed by atoms with E-state index in [9.17, 15) is 18.0 Å². The van der Waals surface area contributed by atoms with Crippen LogP contribution in [0.3, 0.4) is 0 Å². The molecule has 0 unspecified atom stereocenters. The van der Waals surface area contributed by atoms with Crippen molar-refractivity contribution in [2.24, 2.45) is 0 Å². The first-order chi connectivity index (χ1) is 16.1. The Bertz CT molecular complexity index is 1180. The summed E-state index contributed by atoms with van der Waals surface area (Å²) in [5.41, 5.74) is 0. The summed E-state index contributed by atoms with van der Waals surface area (Å²) in [6, 6.07) is 9.59. The molecule has 0 bridgehead atoms. The smallest absolute Gasteiger partial charge is 0.242 e. The van der Waals surface area contributed by atoms with E-state index in [1.165, 1.54) is 11.0 Å². The fourth-order valence-electron chi connectivity index (χ4n) is 4.72. The van der Waals surface area contributed by atoms with Crippen LogP contribution < -0.4 is 4.72 Å².